The Morgan fingerprint density at radius 2 is 1.37 bits per heavy atom. The zero-order chi connectivity index (χ0) is 22.7. The van der Waals surface area contributed by atoms with Gasteiger partial charge >= 0.3 is 24.2 Å². The van der Waals surface area contributed by atoms with Gasteiger partial charge in [0.15, 0.2) is 0 Å². The van der Waals surface area contributed by atoms with E-state index >= 15 is 0 Å². The minimum Gasteiger partial charge on any atom is -0.341 e. The summed E-state index contributed by atoms with van der Waals surface area (Å²) in [5.41, 5.74) is -2.26. The van der Waals surface area contributed by atoms with Gasteiger partial charge in [-0.3, -0.25) is 9.59 Å². The van der Waals surface area contributed by atoms with E-state index in [2.05, 4.69) is 5.32 Å². The van der Waals surface area contributed by atoms with E-state index in [1.54, 1.807) is 24.4 Å². The van der Waals surface area contributed by atoms with E-state index in [1.807, 2.05) is 19.1 Å². The molecule has 4 nitrogen and oxygen atoms in total. The number of amides is 2. The average molecular weight is 432 g/mol. The Morgan fingerprint density at radius 3 is 1.80 bits per heavy atom. The van der Waals surface area contributed by atoms with Gasteiger partial charge in [0, 0.05) is 5.69 Å². The second-order valence-corrected chi connectivity index (χ2v) is 6.54. The Labute approximate surface area is 168 Å². The molecule has 162 valence electrons. The minimum absolute atomic E-state index is 0.0717. The smallest absolute Gasteiger partial charge is 0.341 e. The summed E-state index contributed by atoms with van der Waals surface area (Å²) in [7, 11) is 0. The highest BCUT2D eigenvalue weighted by Gasteiger charge is 2.37. The molecule has 0 spiro atoms. The van der Waals surface area contributed by atoms with Crippen molar-refractivity contribution in [2.24, 2.45) is 0 Å². The molecule has 30 heavy (non-hydrogen) atoms. The van der Waals surface area contributed by atoms with E-state index in [1.165, 1.54) is 0 Å². The van der Waals surface area contributed by atoms with Gasteiger partial charge in [0.1, 0.15) is 0 Å². The Bertz CT molecular complexity index is 888. The molecule has 0 saturated carbocycles. The topological polar surface area (TPSA) is 58.2 Å². The molecule has 2 N–H and O–H groups in total. The van der Waals surface area contributed by atoms with Crippen LogP contribution in [0.15, 0.2) is 42.5 Å². The monoisotopic (exact) mass is 432 g/mol. The van der Waals surface area contributed by atoms with E-state index in [0.717, 1.165) is 12.0 Å². The van der Waals surface area contributed by atoms with Crippen molar-refractivity contribution < 1.29 is 35.9 Å². The number of nitrogens with one attached hydrogen (secondary N) is 2. The lowest BCUT2D eigenvalue weighted by Crippen LogP contribution is -2.37. The zero-order valence-corrected chi connectivity index (χ0v) is 15.9. The predicted octanol–water partition coefficient (Wildman–Crippen LogP) is 5.10. The maximum absolute atomic E-state index is 12.9. The molecule has 2 aromatic rings. The maximum atomic E-state index is 12.9. The molecule has 0 saturated heterocycles. The molecule has 1 atom stereocenters. The Kier molecular flexibility index (Phi) is 6.79. The van der Waals surface area contributed by atoms with Crippen LogP contribution in [-0.4, -0.2) is 11.8 Å². The SMILES string of the molecule is CCc1ccc(C(C)NC(=O)C(=O)Nc2cc(C(F)(F)F)cc(C(F)(F)F)c2)cc1. The van der Waals surface area contributed by atoms with Gasteiger partial charge in [-0.2, -0.15) is 26.3 Å². The first kappa shape index (κ1) is 23.2. The average Bonchev–Trinajstić information content (AvgIpc) is 2.66. The van der Waals surface area contributed by atoms with Crippen molar-refractivity contribution in [1.29, 1.82) is 0 Å². The van der Waals surface area contributed by atoms with Crippen LogP contribution in [0.5, 0.6) is 0 Å². The number of aryl methyl sites for hydroxylation is 1. The Balaban J connectivity index is 2.16. The van der Waals surface area contributed by atoms with E-state index in [-0.39, 0.29) is 6.07 Å². The number of hydrogen-bond donors (Lipinski definition) is 2. The molecular weight excluding hydrogens is 414 g/mol. The lowest BCUT2D eigenvalue weighted by molar-refractivity contribution is -0.143. The standard InChI is InChI=1S/C20H18F6N2O2/c1-3-12-4-6-13(7-5-12)11(2)27-17(29)18(30)28-16-9-14(19(21,22)23)8-15(10-16)20(24,25)26/h4-11H,3H2,1-2H3,(H,27,29)(H,28,30). The number of carbonyl (C=O) groups is 2. The quantitative estimate of drug-likeness (QED) is 0.522. The number of carbonyl (C=O) groups excluding carboxylic acids is 2. The summed E-state index contributed by atoms with van der Waals surface area (Å²) in [5, 5.41) is 4.14. The van der Waals surface area contributed by atoms with E-state index in [4.69, 9.17) is 0 Å². The first-order valence-electron chi connectivity index (χ1n) is 8.81. The molecule has 0 aliphatic rings. The van der Waals surface area contributed by atoms with Crippen LogP contribution in [-0.2, 0) is 28.4 Å². The summed E-state index contributed by atoms with van der Waals surface area (Å²) in [5.74, 6) is -2.59. The third kappa shape index (κ3) is 5.98. The zero-order valence-electron chi connectivity index (χ0n) is 15.9. The normalized spacial score (nSPS) is 12.9. The highest BCUT2D eigenvalue weighted by molar-refractivity contribution is 6.39. The summed E-state index contributed by atoms with van der Waals surface area (Å²) >= 11 is 0. The second kappa shape index (κ2) is 8.76. The highest BCUT2D eigenvalue weighted by atomic mass is 19.4. The second-order valence-electron chi connectivity index (χ2n) is 6.54. The van der Waals surface area contributed by atoms with Crippen molar-refractivity contribution >= 4 is 17.5 Å². The van der Waals surface area contributed by atoms with Crippen molar-refractivity contribution in [2.45, 2.75) is 38.7 Å². The van der Waals surface area contributed by atoms with Gasteiger partial charge in [-0.25, -0.2) is 0 Å². The first-order chi connectivity index (χ1) is 13.8. The van der Waals surface area contributed by atoms with Crippen molar-refractivity contribution in [1.82, 2.24) is 5.32 Å². The molecule has 10 heteroatoms. The fourth-order valence-corrected chi connectivity index (χ4v) is 2.60. The van der Waals surface area contributed by atoms with Crippen LogP contribution in [0.1, 0.15) is 42.1 Å². The molecule has 2 amide bonds. The fraction of sp³-hybridized carbons (Fsp3) is 0.300. The van der Waals surface area contributed by atoms with Crippen molar-refractivity contribution in [2.75, 3.05) is 5.32 Å². The van der Waals surface area contributed by atoms with Crippen molar-refractivity contribution in [3.8, 4) is 0 Å². The van der Waals surface area contributed by atoms with Crippen LogP contribution in [0.3, 0.4) is 0 Å². The van der Waals surface area contributed by atoms with Crippen LogP contribution in [0.25, 0.3) is 0 Å². The minimum atomic E-state index is -5.07. The summed E-state index contributed by atoms with van der Waals surface area (Å²) < 4.78 is 77.3. The van der Waals surface area contributed by atoms with Gasteiger partial charge in [0.25, 0.3) is 0 Å². The van der Waals surface area contributed by atoms with Gasteiger partial charge in [-0.15, -0.1) is 0 Å². The van der Waals surface area contributed by atoms with Crippen LogP contribution >= 0.6 is 0 Å². The molecule has 0 radical (unpaired) electrons. The van der Waals surface area contributed by atoms with E-state index < -0.39 is 47.0 Å². The maximum Gasteiger partial charge on any atom is 0.416 e. The molecule has 2 rings (SSSR count). The predicted molar refractivity (Wildman–Crippen MR) is 97.5 cm³/mol. The largest absolute Gasteiger partial charge is 0.416 e. The summed E-state index contributed by atoms with van der Waals surface area (Å²) in [6, 6.07) is 7.12. The lowest BCUT2D eigenvalue weighted by atomic mass is 10.0. The molecule has 0 aliphatic carbocycles. The summed E-state index contributed by atoms with van der Waals surface area (Å²) in [6.45, 7) is 3.54. The molecule has 0 heterocycles. The van der Waals surface area contributed by atoms with Crippen LogP contribution in [0, 0.1) is 0 Å². The Morgan fingerprint density at radius 1 is 0.867 bits per heavy atom. The van der Waals surface area contributed by atoms with Crippen molar-refractivity contribution in [3.63, 3.8) is 0 Å². The number of anilines is 1. The third-order valence-electron chi connectivity index (χ3n) is 4.29. The fourth-order valence-electron chi connectivity index (χ4n) is 2.60. The highest BCUT2D eigenvalue weighted by Crippen LogP contribution is 2.37. The molecule has 0 aromatic heterocycles. The summed E-state index contributed by atoms with van der Waals surface area (Å²) in [4.78, 5) is 24.1. The molecule has 0 bridgehead atoms. The first-order valence-corrected chi connectivity index (χ1v) is 8.81. The van der Waals surface area contributed by atoms with Gasteiger partial charge < -0.3 is 10.6 Å². The Hall–Kier alpha value is -3.04. The third-order valence-corrected chi connectivity index (χ3v) is 4.29. The molecule has 0 aliphatic heterocycles. The van der Waals surface area contributed by atoms with Gasteiger partial charge in [-0.05, 0) is 42.7 Å². The summed E-state index contributed by atoms with van der Waals surface area (Å²) in [6.07, 6.45) is -9.33. The van der Waals surface area contributed by atoms with E-state index in [9.17, 15) is 35.9 Å². The number of hydrogen-bond acceptors (Lipinski definition) is 2. The van der Waals surface area contributed by atoms with Crippen LogP contribution in [0.4, 0.5) is 32.0 Å². The van der Waals surface area contributed by atoms with Crippen molar-refractivity contribution in [3.05, 3.63) is 64.7 Å². The van der Waals surface area contributed by atoms with Crippen LogP contribution in [0.2, 0.25) is 0 Å². The number of halogens is 6. The number of alkyl halides is 6. The molecule has 1 unspecified atom stereocenters. The van der Waals surface area contributed by atoms with Gasteiger partial charge in [0.05, 0.1) is 17.2 Å². The lowest BCUT2D eigenvalue weighted by Gasteiger charge is -2.16. The van der Waals surface area contributed by atoms with Gasteiger partial charge in [0.2, 0.25) is 0 Å². The van der Waals surface area contributed by atoms with E-state index in [0.29, 0.717) is 17.7 Å². The molecule has 2 aromatic carbocycles. The van der Waals surface area contributed by atoms with Crippen LogP contribution < -0.4 is 10.6 Å². The molecule has 0 fully saturated rings. The van der Waals surface area contributed by atoms with Gasteiger partial charge in [-0.1, -0.05) is 31.2 Å². The number of benzene rings is 2. The molecular formula is C20H18F6N2O2. The number of rotatable bonds is 4.